The van der Waals surface area contributed by atoms with Crippen molar-refractivity contribution in [3.8, 4) is 0 Å². The van der Waals surface area contributed by atoms with Gasteiger partial charge in [0.1, 0.15) is 0 Å². The first kappa shape index (κ1) is 9.04. The third-order valence-electron chi connectivity index (χ3n) is 3.97. The molecule has 2 rings (SSSR count). The molecule has 0 atom stereocenters. The third-order valence-corrected chi connectivity index (χ3v) is 3.97. The molecule has 74 valence electrons. The van der Waals surface area contributed by atoms with Crippen LogP contribution >= 0.6 is 0 Å². The molecule has 0 bridgehead atoms. The molecule has 2 aliphatic rings. The van der Waals surface area contributed by atoms with Gasteiger partial charge in [-0.25, -0.2) is 0 Å². The quantitative estimate of drug-likeness (QED) is 0.613. The molecule has 0 spiro atoms. The van der Waals surface area contributed by atoms with Crippen LogP contribution in [0.2, 0.25) is 0 Å². The van der Waals surface area contributed by atoms with Crippen LogP contribution in [0.15, 0.2) is 0 Å². The molecule has 2 fully saturated rings. The van der Waals surface area contributed by atoms with Crippen molar-refractivity contribution in [3.63, 3.8) is 0 Å². The molecule has 2 saturated carbocycles. The Morgan fingerprint density at radius 1 is 1.23 bits per heavy atom. The van der Waals surface area contributed by atoms with Gasteiger partial charge in [-0.1, -0.05) is 19.3 Å². The van der Waals surface area contributed by atoms with Gasteiger partial charge in [0.15, 0.2) is 0 Å². The average molecular weight is 182 g/mol. The molecule has 0 radical (unpaired) electrons. The van der Waals surface area contributed by atoms with E-state index in [2.05, 4.69) is 0 Å². The van der Waals surface area contributed by atoms with E-state index in [9.17, 15) is 4.79 Å². The normalized spacial score (nSPS) is 26.8. The standard InChI is InChI=1S/C11H18O2/c1-13-10(12)11(7-4-8-11)9-5-2-3-6-9/h9H,2-8H2,1H3. The van der Waals surface area contributed by atoms with Crippen LogP contribution in [0.5, 0.6) is 0 Å². The lowest BCUT2D eigenvalue weighted by atomic mass is 9.60. The topological polar surface area (TPSA) is 26.3 Å². The lowest BCUT2D eigenvalue weighted by molar-refractivity contribution is -0.163. The van der Waals surface area contributed by atoms with E-state index in [1.807, 2.05) is 0 Å². The molecule has 0 aromatic carbocycles. The minimum absolute atomic E-state index is 0.0503. The molecule has 0 unspecified atom stereocenters. The van der Waals surface area contributed by atoms with Crippen LogP contribution in [0.3, 0.4) is 0 Å². The molecule has 2 heteroatoms. The molecule has 2 aliphatic carbocycles. The minimum Gasteiger partial charge on any atom is -0.469 e. The zero-order valence-electron chi connectivity index (χ0n) is 8.34. The maximum atomic E-state index is 11.7. The fourth-order valence-corrected chi connectivity index (χ4v) is 3.02. The van der Waals surface area contributed by atoms with E-state index in [1.54, 1.807) is 0 Å². The van der Waals surface area contributed by atoms with Gasteiger partial charge in [0.2, 0.25) is 0 Å². The van der Waals surface area contributed by atoms with Crippen LogP contribution < -0.4 is 0 Å². The summed E-state index contributed by atoms with van der Waals surface area (Å²) >= 11 is 0. The third kappa shape index (κ3) is 1.27. The van der Waals surface area contributed by atoms with Gasteiger partial charge < -0.3 is 4.74 Å². The number of carbonyl (C=O) groups excluding carboxylic acids is 1. The first-order chi connectivity index (χ1) is 6.29. The molecule has 0 aromatic rings. The van der Waals surface area contributed by atoms with Crippen LogP contribution in [-0.4, -0.2) is 13.1 Å². The fourth-order valence-electron chi connectivity index (χ4n) is 3.02. The molecule has 0 amide bonds. The molecule has 0 aliphatic heterocycles. The summed E-state index contributed by atoms with van der Waals surface area (Å²) in [4.78, 5) is 11.7. The molecule has 0 aromatic heterocycles. The van der Waals surface area contributed by atoms with Crippen molar-refractivity contribution in [2.45, 2.75) is 44.9 Å². The molecule has 13 heavy (non-hydrogen) atoms. The van der Waals surface area contributed by atoms with Crippen LogP contribution in [0, 0.1) is 11.3 Å². The minimum atomic E-state index is -0.0503. The van der Waals surface area contributed by atoms with Crippen molar-refractivity contribution in [1.82, 2.24) is 0 Å². The van der Waals surface area contributed by atoms with Crippen molar-refractivity contribution in [2.75, 3.05) is 7.11 Å². The van der Waals surface area contributed by atoms with Crippen molar-refractivity contribution in [2.24, 2.45) is 11.3 Å². The van der Waals surface area contributed by atoms with E-state index in [-0.39, 0.29) is 11.4 Å². The van der Waals surface area contributed by atoms with Gasteiger partial charge in [-0.05, 0) is 31.6 Å². The van der Waals surface area contributed by atoms with E-state index in [0.717, 1.165) is 12.8 Å². The van der Waals surface area contributed by atoms with E-state index in [1.165, 1.54) is 39.2 Å². The van der Waals surface area contributed by atoms with Crippen LogP contribution in [-0.2, 0) is 9.53 Å². The van der Waals surface area contributed by atoms with Crippen LogP contribution in [0.25, 0.3) is 0 Å². The Morgan fingerprint density at radius 2 is 1.85 bits per heavy atom. The molecule has 0 saturated heterocycles. The first-order valence-electron chi connectivity index (χ1n) is 5.38. The van der Waals surface area contributed by atoms with Crippen molar-refractivity contribution < 1.29 is 9.53 Å². The molecular formula is C11H18O2. The fraction of sp³-hybridized carbons (Fsp3) is 0.909. The predicted molar refractivity (Wildman–Crippen MR) is 50.3 cm³/mol. The summed E-state index contributed by atoms with van der Waals surface area (Å²) in [7, 11) is 1.53. The summed E-state index contributed by atoms with van der Waals surface area (Å²) in [5.41, 5.74) is -0.0503. The highest BCUT2D eigenvalue weighted by Gasteiger charge is 2.51. The summed E-state index contributed by atoms with van der Waals surface area (Å²) in [6.07, 6.45) is 8.47. The van der Waals surface area contributed by atoms with Gasteiger partial charge in [0, 0.05) is 0 Å². The number of hydrogen-bond acceptors (Lipinski definition) is 2. The Hall–Kier alpha value is -0.530. The summed E-state index contributed by atoms with van der Waals surface area (Å²) in [6, 6.07) is 0. The van der Waals surface area contributed by atoms with Gasteiger partial charge in [-0.15, -0.1) is 0 Å². The van der Waals surface area contributed by atoms with Gasteiger partial charge in [-0.3, -0.25) is 4.79 Å². The van der Waals surface area contributed by atoms with Gasteiger partial charge in [0.25, 0.3) is 0 Å². The number of carbonyl (C=O) groups is 1. The van der Waals surface area contributed by atoms with E-state index in [0.29, 0.717) is 5.92 Å². The average Bonchev–Trinajstić information content (AvgIpc) is 2.55. The highest BCUT2D eigenvalue weighted by Crippen LogP contribution is 2.53. The van der Waals surface area contributed by atoms with Crippen molar-refractivity contribution in [3.05, 3.63) is 0 Å². The van der Waals surface area contributed by atoms with Crippen LogP contribution in [0.1, 0.15) is 44.9 Å². The number of hydrogen-bond donors (Lipinski definition) is 0. The van der Waals surface area contributed by atoms with E-state index < -0.39 is 0 Å². The van der Waals surface area contributed by atoms with E-state index >= 15 is 0 Å². The maximum Gasteiger partial charge on any atom is 0.312 e. The highest BCUT2D eigenvalue weighted by molar-refractivity contribution is 5.78. The number of rotatable bonds is 2. The van der Waals surface area contributed by atoms with Gasteiger partial charge in [-0.2, -0.15) is 0 Å². The number of esters is 1. The zero-order valence-corrected chi connectivity index (χ0v) is 8.34. The number of ether oxygens (including phenoxy) is 1. The Labute approximate surface area is 79.7 Å². The molecule has 0 N–H and O–H groups in total. The Morgan fingerprint density at radius 3 is 2.23 bits per heavy atom. The SMILES string of the molecule is COC(=O)C1(C2CCCC2)CCC1. The number of methoxy groups -OCH3 is 1. The van der Waals surface area contributed by atoms with Crippen molar-refractivity contribution in [1.29, 1.82) is 0 Å². The first-order valence-corrected chi connectivity index (χ1v) is 5.38. The van der Waals surface area contributed by atoms with Gasteiger partial charge in [0.05, 0.1) is 12.5 Å². The van der Waals surface area contributed by atoms with Crippen molar-refractivity contribution >= 4 is 5.97 Å². The second kappa shape index (κ2) is 3.32. The predicted octanol–water partition coefficient (Wildman–Crippen LogP) is 2.52. The molecule has 2 nitrogen and oxygen atoms in total. The summed E-state index contributed by atoms with van der Waals surface area (Å²) < 4.78 is 4.93. The summed E-state index contributed by atoms with van der Waals surface area (Å²) in [5, 5.41) is 0. The maximum absolute atomic E-state index is 11.7. The van der Waals surface area contributed by atoms with E-state index in [4.69, 9.17) is 4.74 Å². The Bertz CT molecular complexity index is 200. The highest BCUT2D eigenvalue weighted by atomic mass is 16.5. The molecular weight excluding hydrogens is 164 g/mol. The lowest BCUT2D eigenvalue weighted by Crippen LogP contribution is -2.44. The summed E-state index contributed by atoms with van der Waals surface area (Å²) in [5.74, 6) is 0.694. The monoisotopic (exact) mass is 182 g/mol. The second-order valence-electron chi connectivity index (χ2n) is 4.48. The Balaban J connectivity index is 2.09. The lowest BCUT2D eigenvalue weighted by Gasteiger charge is -2.43. The largest absolute Gasteiger partial charge is 0.469 e. The zero-order chi connectivity index (χ0) is 9.31. The second-order valence-corrected chi connectivity index (χ2v) is 4.48. The smallest absolute Gasteiger partial charge is 0.312 e. The van der Waals surface area contributed by atoms with Gasteiger partial charge >= 0.3 is 5.97 Å². The Kier molecular flexibility index (Phi) is 2.31. The summed E-state index contributed by atoms with van der Waals surface area (Å²) in [6.45, 7) is 0. The van der Waals surface area contributed by atoms with Crippen LogP contribution in [0.4, 0.5) is 0 Å². The molecule has 0 heterocycles.